The minimum absolute atomic E-state index is 0.264. The Labute approximate surface area is 168 Å². The molecule has 2 aromatic carbocycles. The Bertz CT molecular complexity index is 1130. The van der Waals surface area contributed by atoms with Crippen LogP contribution in [0.5, 0.6) is 5.75 Å². The number of hydrogen-bond acceptors (Lipinski definition) is 3. The molecule has 4 rings (SSSR count). The van der Waals surface area contributed by atoms with Gasteiger partial charge in [0.05, 0.1) is 24.6 Å². The number of ether oxygens (including phenoxy) is 1. The summed E-state index contributed by atoms with van der Waals surface area (Å²) in [6.45, 7) is 0. The quantitative estimate of drug-likeness (QED) is 0.403. The first-order chi connectivity index (χ1) is 14.2. The monoisotopic (exact) mass is 384 g/mol. The summed E-state index contributed by atoms with van der Waals surface area (Å²) >= 11 is 0. The van der Waals surface area contributed by atoms with Crippen LogP contribution in [0.15, 0.2) is 96.6 Å². The normalized spacial score (nSPS) is 10.9. The molecule has 0 bridgehead atoms. The number of carbonyl (C=O) groups excluding carboxylic acids is 1. The van der Waals surface area contributed by atoms with Crippen LogP contribution in [0.2, 0.25) is 0 Å². The SMILES string of the molecule is COc1ccc(-n2ccc(/C=N\NC(=O)c3ccccc3-n3cccc3)c2)cc1. The van der Waals surface area contributed by atoms with Gasteiger partial charge in [0.15, 0.2) is 0 Å². The molecule has 0 aliphatic heterocycles. The largest absolute Gasteiger partial charge is 0.497 e. The molecule has 0 radical (unpaired) electrons. The zero-order chi connectivity index (χ0) is 20.1. The smallest absolute Gasteiger partial charge is 0.273 e. The number of nitrogens with zero attached hydrogens (tertiary/aromatic N) is 3. The molecule has 4 aromatic rings. The van der Waals surface area contributed by atoms with Gasteiger partial charge in [0, 0.05) is 36.0 Å². The van der Waals surface area contributed by atoms with Crippen molar-refractivity contribution < 1.29 is 9.53 Å². The van der Waals surface area contributed by atoms with E-state index in [0.717, 1.165) is 22.7 Å². The molecule has 1 N–H and O–H groups in total. The maximum absolute atomic E-state index is 12.6. The number of methoxy groups -OCH3 is 1. The van der Waals surface area contributed by atoms with Crippen LogP contribution in [0, 0.1) is 0 Å². The summed E-state index contributed by atoms with van der Waals surface area (Å²) in [6, 6.07) is 20.9. The molecule has 0 aliphatic carbocycles. The molecule has 1 amide bonds. The van der Waals surface area contributed by atoms with Crippen molar-refractivity contribution in [2.24, 2.45) is 5.10 Å². The second-order valence-corrected chi connectivity index (χ2v) is 6.36. The number of aromatic nitrogens is 2. The first-order valence-corrected chi connectivity index (χ1v) is 9.13. The molecular weight excluding hydrogens is 364 g/mol. The van der Waals surface area contributed by atoms with Crippen molar-refractivity contribution in [2.45, 2.75) is 0 Å². The first-order valence-electron chi connectivity index (χ1n) is 9.13. The number of rotatable bonds is 6. The molecule has 0 saturated carbocycles. The topological polar surface area (TPSA) is 60.5 Å². The number of carbonyl (C=O) groups is 1. The lowest BCUT2D eigenvalue weighted by Crippen LogP contribution is -2.19. The molecule has 144 valence electrons. The molecule has 6 nitrogen and oxygen atoms in total. The Morgan fingerprint density at radius 1 is 0.931 bits per heavy atom. The number of nitrogens with one attached hydrogen (secondary N) is 1. The lowest BCUT2D eigenvalue weighted by Gasteiger charge is -2.08. The number of hydrogen-bond donors (Lipinski definition) is 1. The van der Waals surface area contributed by atoms with Crippen molar-refractivity contribution in [1.29, 1.82) is 0 Å². The Kier molecular flexibility index (Phi) is 5.25. The number of benzene rings is 2. The van der Waals surface area contributed by atoms with Crippen LogP contribution in [0.25, 0.3) is 11.4 Å². The average molecular weight is 384 g/mol. The summed E-state index contributed by atoms with van der Waals surface area (Å²) < 4.78 is 9.05. The summed E-state index contributed by atoms with van der Waals surface area (Å²) in [4.78, 5) is 12.6. The van der Waals surface area contributed by atoms with Crippen molar-refractivity contribution in [3.63, 3.8) is 0 Å². The Balaban J connectivity index is 1.45. The minimum atomic E-state index is -0.264. The average Bonchev–Trinajstić information content (AvgIpc) is 3.46. The van der Waals surface area contributed by atoms with Gasteiger partial charge in [0.25, 0.3) is 5.91 Å². The summed E-state index contributed by atoms with van der Waals surface area (Å²) in [5.41, 5.74) is 5.84. The molecular formula is C23H20N4O2. The molecule has 0 aliphatic rings. The van der Waals surface area contributed by atoms with Gasteiger partial charge in [-0.25, -0.2) is 5.43 Å². The third kappa shape index (κ3) is 4.11. The number of amides is 1. The van der Waals surface area contributed by atoms with E-state index in [1.165, 1.54) is 0 Å². The van der Waals surface area contributed by atoms with Gasteiger partial charge in [-0.3, -0.25) is 4.79 Å². The van der Waals surface area contributed by atoms with E-state index in [0.29, 0.717) is 5.56 Å². The van der Waals surface area contributed by atoms with Gasteiger partial charge in [0.2, 0.25) is 0 Å². The van der Waals surface area contributed by atoms with Gasteiger partial charge in [-0.15, -0.1) is 0 Å². The zero-order valence-electron chi connectivity index (χ0n) is 15.9. The van der Waals surface area contributed by atoms with Crippen LogP contribution in [-0.2, 0) is 0 Å². The summed E-state index contributed by atoms with van der Waals surface area (Å²) in [5.74, 6) is 0.547. The Morgan fingerprint density at radius 3 is 2.45 bits per heavy atom. The highest BCUT2D eigenvalue weighted by molar-refractivity contribution is 5.98. The van der Waals surface area contributed by atoms with E-state index in [1.807, 2.05) is 94.6 Å². The molecule has 0 fully saturated rings. The van der Waals surface area contributed by atoms with Gasteiger partial charge < -0.3 is 13.9 Å². The molecule has 0 atom stereocenters. The van der Waals surface area contributed by atoms with Crippen molar-refractivity contribution in [1.82, 2.24) is 14.6 Å². The molecule has 2 aromatic heterocycles. The molecule has 2 heterocycles. The molecule has 29 heavy (non-hydrogen) atoms. The third-order valence-electron chi connectivity index (χ3n) is 4.50. The van der Waals surface area contributed by atoms with E-state index < -0.39 is 0 Å². The molecule has 0 spiro atoms. The van der Waals surface area contributed by atoms with Gasteiger partial charge in [-0.1, -0.05) is 12.1 Å². The Hall–Kier alpha value is -4.06. The third-order valence-corrected chi connectivity index (χ3v) is 4.50. The van der Waals surface area contributed by atoms with E-state index in [2.05, 4.69) is 10.5 Å². The Morgan fingerprint density at radius 2 is 1.69 bits per heavy atom. The standard InChI is InChI=1S/C23H20N4O2/c1-29-20-10-8-19(9-11-20)27-15-12-18(17-27)16-24-25-23(28)21-6-2-3-7-22(21)26-13-4-5-14-26/h2-17H,1H3,(H,25,28)/b24-16-. The van der Waals surface area contributed by atoms with Crippen LogP contribution in [-0.4, -0.2) is 28.4 Å². The van der Waals surface area contributed by atoms with E-state index >= 15 is 0 Å². The first kappa shape index (κ1) is 18.3. The lowest BCUT2D eigenvalue weighted by molar-refractivity contribution is 0.0955. The predicted octanol–water partition coefficient (Wildman–Crippen LogP) is 4.04. The van der Waals surface area contributed by atoms with Crippen molar-refractivity contribution in [3.8, 4) is 17.1 Å². The fraction of sp³-hybridized carbons (Fsp3) is 0.0435. The van der Waals surface area contributed by atoms with Gasteiger partial charge in [0.1, 0.15) is 5.75 Å². The maximum atomic E-state index is 12.6. The van der Waals surface area contributed by atoms with Gasteiger partial charge >= 0.3 is 0 Å². The van der Waals surface area contributed by atoms with E-state index in [9.17, 15) is 4.79 Å². The van der Waals surface area contributed by atoms with Crippen LogP contribution in [0.4, 0.5) is 0 Å². The van der Waals surface area contributed by atoms with Crippen LogP contribution in [0.1, 0.15) is 15.9 Å². The minimum Gasteiger partial charge on any atom is -0.497 e. The van der Waals surface area contributed by atoms with Crippen molar-refractivity contribution >= 4 is 12.1 Å². The fourth-order valence-corrected chi connectivity index (χ4v) is 3.02. The van der Waals surface area contributed by atoms with E-state index in [-0.39, 0.29) is 5.91 Å². The van der Waals surface area contributed by atoms with Crippen LogP contribution in [0.3, 0.4) is 0 Å². The predicted molar refractivity (Wildman–Crippen MR) is 113 cm³/mol. The molecule has 0 unspecified atom stereocenters. The fourth-order valence-electron chi connectivity index (χ4n) is 3.02. The zero-order valence-corrected chi connectivity index (χ0v) is 15.9. The highest BCUT2D eigenvalue weighted by Gasteiger charge is 2.11. The van der Waals surface area contributed by atoms with Crippen molar-refractivity contribution in [3.05, 3.63) is 103 Å². The van der Waals surface area contributed by atoms with Gasteiger partial charge in [-0.2, -0.15) is 5.10 Å². The number of para-hydroxylation sites is 1. The van der Waals surface area contributed by atoms with Crippen LogP contribution >= 0.6 is 0 Å². The van der Waals surface area contributed by atoms with E-state index in [1.54, 1.807) is 19.4 Å². The molecule has 6 heteroatoms. The van der Waals surface area contributed by atoms with Crippen LogP contribution < -0.4 is 10.2 Å². The highest BCUT2D eigenvalue weighted by Crippen LogP contribution is 2.16. The van der Waals surface area contributed by atoms with Gasteiger partial charge in [-0.05, 0) is 54.6 Å². The van der Waals surface area contributed by atoms with E-state index in [4.69, 9.17) is 4.74 Å². The second kappa shape index (κ2) is 8.31. The summed E-state index contributed by atoms with van der Waals surface area (Å²) in [7, 11) is 1.64. The molecule has 0 saturated heterocycles. The lowest BCUT2D eigenvalue weighted by atomic mass is 10.1. The summed E-state index contributed by atoms with van der Waals surface area (Å²) in [6.07, 6.45) is 9.29. The maximum Gasteiger partial charge on any atom is 0.273 e. The second-order valence-electron chi connectivity index (χ2n) is 6.36. The summed E-state index contributed by atoms with van der Waals surface area (Å²) in [5, 5.41) is 4.11. The highest BCUT2D eigenvalue weighted by atomic mass is 16.5. The van der Waals surface area contributed by atoms with Crippen molar-refractivity contribution in [2.75, 3.05) is 7.11 Å². The number of hydrazone groups is 1.